The van der Waals surface area contributed by atoms with Crippen molar-refractivity contribution in [3.05, 3.63) is 23.9 Å². The monoisotopic (exact) mass is 220 g/mol. The molecule has 16 heavy (non-hydrogen) atoms. The molecule has 0 saturated carbocycles. The predicted octanol–water partition coefficient (Wildman–Crippen LogP) is 2.02. The van der Waals surface area contributed by atoms with Crippen LogP contribution in [-0.2, 0) is 0 Å². The van der Waals surface area contributed by atoms with E-state index in [1.54, 1.807) is 12.1 Å². The molecule has 0 amide bonds. The van der Waals surface area contributed by atoms with Crippen molar-refractivity contribution in [1.29, 1.82) is 0 Å². The van der Waals surface area contributed by atoms with Crippen molar-refractivity contribution in [2.45, 2.75) is 19.8 Å². The Bertz CT molecular complexity index is 375. The molecule has 4 heteroatoms. The second-order valence-electron chi connectivity index (χ2n) is 4.22. The summed E-state index contributed by atoms with van der Waals surface area (Å²) in [4.78, 5) is 17.1. The van der Waals surface area contributed by atoms with Gasteiger partial charge in [0.25, 0.3) is 0 Å². The quantitative estimate of drug-likeness (QED) is 0.846. The highest BCUT2D eigenvalue weighted by Crippen LogP contribution is 2.23. The van der Waals surface area contributed by atoms with Crippen LogP contribution in [0.2, 0.25) is 0 Å². The van der Waals surface area contributed by atoms with Gasteiger partial charge in [-0.05, 0) is 24.5 Å². The molecule has 2 heterocycles. The molecule has 1 atom stereocenters. The summed E-state index contributed by atoms with van der Waals surface area (Å²) in [5, 5.41) is 8.77. The minimum absolute atomic E-state index is 0.245. The van der Waals surface area contributed by atoms with Gasteiger partial charge in [0.1, 0.15) is 5.82 Å². The smallest absolute Gasteiger partial charge is 0.337 e. The molecule has 86 valence electrons. The molecule has 4 nitrogen and oxygen atoms in total. The van der Waals surface area contributed by atoms with Gasteiger partial charge in [-0.1, -0.05) is 13.3 Å². The van der Waals surface area contributed by atoms with Crippen LogP contribution in [0.25, 0.3) is 0 Å². The van der Waals surface area contributed by atoms with Gasteiger partial charge in [-0.15, -0.1) is 0 Å². The molecule has 1 aromatic rings. The van der Waals surface area contributed by atoms with E-state index in [1.807, 2.05) is 0 Å². The number of pyridine rings is 1. The second kappa shape index (κ2) is 4.51. The van der Waals surface area contributed by atoms with Crippen molar-refractivity contribution in [1.82, 2.24) is 4.98 Å². The third-order valence-electron chi connectivity index (χ3n) is 3.18. The van der Waals surface area contributed by atoms with E-state index in [0.717, 1.165) is 24.8 Å². The highest BCUT2D eigenvalue weighted by atomic mass is 16.4. The van der Waals surface area contributed by atoms with Crippen LogP contribution in [0.15, 0.2) is 18.3 Å². The van der Waals surface area contributed by atoms with Crippen LogP contribution in [0.5, 0.6) is 0 Å². The average molecular weight is 220 g/mol. The highest BCUT2D eigenvalue weighted by molar-refractivity contribution is 5.87. The highest BCUT2D eigenvalue weighted by Gasteiger charge is 2.21. The Labute approximate surface area is 94.9 Å². The summed E-state index contributed by atoms with van der Waals surface area (Å²) in [6.07, 6.45) is 3.83. The van der Waals surface area contributed by atoms with Crippen molar-refractivity contribution < 1.29 is 9.90 Å². The van der Waals surface area contributed by atoms with Crippen LogP contribution >= 0.6 is 0 Å². The largest absolute Gasteiger partial charge is 0.478 e. The Morgan fingerprint density at radius 2 is 2.44 bits per heavy atom. The van der Waals surface area contributed by atoms with Gasteiger partial charge in [-0.3, -0.25) is 0 Å². The minimum atomic E-state index is -0.924. The van der Waals surface area contributed by atoms with Gasteiger partial charge in [0.05, 0.1) is 5.56 Å². The third-order valence-corrected chi connectivity index (χ3v) is 3.18. The first-order valence-electron chi connectivity index (χ1n) is 5.65. The number of aromatic carboxylic acids is 1. The number of hydrogen-bond acceptors (Lipinski definition) is 3. The summed E-state index contributed by atoms with van der Waals surface area (Å²) in [6, 6.07) is 3.41. The van der Waals surface area contributed by atoms with Gasteiger partial charge in [-0.25, -0.2) is 9.78 Å². The van der Waals surface area contributed by atoms with E-state index >= 15 is 0 Å². The van der Waals surface area contributed by atoms with Crippen molar-refractivity contribution in [2.75, 3.05) is 18.0 Å². The van der Waals surface area contributed by atoms with E-state index in [4.69, 9.17) is 5.11 Å². The van der Waals surface area contributed by atoms with E-state index in [2.05, 4.69) is 16.8 Å². The lowest BCUT2D eigenvalue weighted by Gasteiger charge is -2.17. The number of hydrogen-bond donors (Lipinski definition) is 1. The van der Waals surface area contributed by atoms with Crippen molar-refractivity contribution in [3.63, 3.8) is 0 Å². The summed E-state index contributed by atoms with van der Waals surface area (Å²) in [5.74, 6) is 0.716. The van der Waals surface area contributed by atoms with E-state index in [-0.39, 0.29) is 5.56 Å². The first kappa shape index (κ1) is 10.9. The Hall–Kier alpha value is -1.58. The van der Waals surface area contributed by atoms with E-state index in [1.165, 1.54) is 19.0 Å². The number of anilines is 1. The summed E-state index contributed by atoms with van der Waals surface area (Å²) >= 11 is 0. The zero-order chi connectivity index (χ0) is 11.5. The number of carboxylic acid groups (broad SMARTS) is 1. The lowest BCUT2D eigenvalue weighted by atomic mass is 10.1. The minimum Gasteiger partial charge on any atom is -0.478 e. The Balaban J connectivity index is 2.08. The number of aromatic nitrogens is 1. The van der Waals surface area contributed by atoms with Crippen LogP contribution in [0.1, 0.15) is 30.1 Å². The SMILES string of the molecule is CCC1CCN(c2ccc(C(=O)O)cn2)C1. The summed E-state index contributed by atoms with van der Waals surface area (Å²) in [6.45, 7) is 4.27. The molecule has 0 radical (unpaired) electrons. The van der Waals surface area contributed by atoms with Gasteiger partial charge < -0.3 is 10.0 Å². The molecular formula is C12H16N2O2. The first-order chi connectivity index (χ1) is 7.70. The topological polar surface area (TPSA) is 53.4 Å². The Morgan fingerprint density at radius 3 is 2.94 bits per heavy atom. The summed E-state index contributed by atoms with van der Waals surface area (Å²) in [5.41, 5.74) is 0.245. The van der Waals surface area contributed by atoms with Crippen LogP contribution in [0, 0.1) is 5.92 Å². The number of nitrogens with zero attached hydrogens (tertiary/aromatic N) is 2. The molecular weight excluding hydrogens is 204 g/mol. The van der Waals surface area contributed by atoms with Gasteiger partial charge in [0.15, 0.2) is 0 Å². The number of rotatable bonds is 3. The fourth-order valence-electron chi connectivity index (χ4n) is 2.07. The van der Waals surface area contributed by atoms with Gasteiger partial charge >= 0.3 is 5.97 Å². The molecule has 2 rings (SSSR count). The molecule has 0 spiro atoms. The molecule has 1 unspecified atom stereocenters. The molecule has 0 aliphatic carbocycles. The van der Waals surface area contributed by atoms with Crippen molar-refractivity contribution in [2.24, 2.45) is 5.92 Å². The van der Waals surface area contributed by atoms with Crippen molar-refractivity contribution in [3.8, 4) is 0 Å². The lowest BCUT2D eigenvalue weighted by molar-refractivity contribution is 0.0696. The number of carboxylic acids is 1. The fourth-order valence-corrected chi connectivity index (χ4v) is 2.07. The maximum atomic E-state index is 10.7. The van der Waals surface area contributed by atoms with E-state index in [0.29, 0.717) is 0 Å². The van der Waals surface area contributed by atoms with Gasteiger partial charge in [0.2, 0.25) is 0 Å². The summed E-state index contributed by atoms with van der Waals surface area (Å²) < 4.78 is 0. The van der Waals surface area contributed by atoms with Crippen LogP contribution < -0.4 is 4.90 Å². The normalized spacial score (nSPS) is 20.1. The Morgan fingerprint density at radius 1 is 1.62 bits per heavy atom. The lowest BCUT2D eigenvalue weighted by Crippen LogP contribution is -2.20. The Kier molecular flexibility index (Phi) is 3.08. The van der Waals surface area contributed by atoms with Crippen LogP contribution in [-0.4, -0.2) is 29.1 Å². The predicted molar refractivity (Wildman–Crippen MR) is 61.8 cm³/mol. The maximum absolute atomic E-state index is 10.7. The molecule has 1 N–H and O–H groups in total. The zero-order valence-electron chi connectivity index (χ0n) is 9.39. The molecule has 1 aliphatic heterocycles. The van der Waals surface area contributed by atoms with E-state index in [9.17, 15) is 4.79 Å². The van der Waals surface area contributed by atoms with Crippen LogP contribution in [0.4, 0.5) is 5.82 Å². The standard InChI is InChI=1S/C12H16N2O2/c1-2-9-5-6-14(8-9)11-4-3-10(7-13-11)12(15)16/h3-4,7,9H,2,5-6,8H2,1H3,(H,15,16). The van der Waals surface area contributed by atoms with Gasteiger partial charge in [-0.2, -0.15) is 0 Å². The average Bonchev–Trinajstić information content (AvgIpc) is 2.77. The van der Waals surface area contributed by atoms with Crippen LogP contribution in [0.3, 0.4) is 0 Å². The molecule has 1 saturated heterocycles. The zero-order valence-corrected chi connectivity index (χ0v) is 9.39. The number of carbonyl (C=O) groups is 1. The molecule has 0 aromatic carbocycles. The molecule has 1 fully saturated rings. The van der Waals surface area contributed by atoms with Gasteiger partial charge in [0, 0.05) is 19.3 Å². The van der Waals surface area contributed by atoms with E-state index < -0.39 is 5.97 Å². The first-order valence-corrected chi connectivity index (χ1v) is 5.65. The third kappa shape index (κ3) is 2.15. The molecule has 1 aliphatic rings. The maximum Gasteiger partial charge on any atom is 0.337 e. The molecule has 1 aromatic heterocycles. The summed E-state index contributed by atoms with van der Waals surface area (Å²) in [7, 11) is 0. The van der Waals surface area contributed by atoms with Crippen molar-refractivity contribution >= 4 is 11.8 Å². The molecule has 0 bridgehead atoms. The fraction of sp³-hybridized carbons (Fsp3) is 0.500. The second-order valence-corrected chi connectivity index (χ2v) is 4.22.